The van der Waals surface area contributed by atoms with Gasteiger partial charge in [-0.1, -0.05) is 50.2 Å². The summed E-state index contributed by atoms with van der Waals surface area (Å²) < 4.78 is 17.0. The van der Waals surface area contributed by atoms with E-state index in [1.165, 1.54) is 7.11 Å². The number of fused-ring (bicyclic) bond motifs is 1. The van der Waals surface area contributed by atoms with Gasteiger partial charge in [0.2, 0.25) is 5.91 Å². The number of hydrogen-bond acceptors (Lipinski definition) is 8. The number of esters is 1. The number of hydrogen-bond donors (Lipinski definition) is 0. The van der Waals surface area contributed by atoms with Crippen LogP contribution in [0.2, 0.25) is 0 Å². The largest absolute Gasteiger partial charge is 0.465 e. The van der Waals surface area contributed by atoms with Crippen LogP contribution >= 0.6 is 0 Å². The molecule has 0 bridgehead atoms. The number of anilines is 2. The number of amides is 2. The maximum atomic E-state index is 14.3. The highest BCUT2D eigenvalue weighted by atomic mass is 16.7. The van der Waals surface area contributed by atoms with Gasteiger partial charge in [0.05, 0.1) is 29.8 Å². The molecule has 1 atom stereocenters. The average Bonchev–Trinajstić information content (AvgIpc) is 3.10. The normalized spacial score (nSPS) is 16.4. The fourth-order valence-electron chi connectivity index (χ4n) is 6.33. The van der Waals surface area contributed by atoms with Gasteiger partial charge in [-0.2, -0.15) is 0 Å². The second kappa shape index (κ2) is 14.9. The second-order valence-corrected chi connectivity index (χ2v) is 11.9. The molecule has 10 heteroatoms. The number of methoxy groups -OCH3 is 1. The van der Waals surface area contributed by atoms with E-state index in [2.05, 4.69) is 0 Å². The Hall–Kier alpha value is -4.54. The molecule has 2 aliphatic heterocycles. The molecule has 3 aromatic carbocycles. The van der Waals surface area contributed by atoms with Gasteiger partial charge in [0.25, 0.3) is 5.91 Å². The average molecular weight is 642 g/mol. The summed E-state index contributed by atoms with van der Waals surface area (Å²) in [6, 6.07) is 20.0. The van der Waals surface area contributed by atoms with Gasteiger partial charge in [0.15, 0.2) is 12.1 Å². The Kier molecular flexibility index (Phi) is 10.7. The van der Waals surface area contributed by atoms with Crippen molar-refractivity contribution < 1.29 is 33.4 Å². The lowest BCUT2D eigenvalue weighted by molar-refractivity contribution is -0.140. The van der Waals surface area contributed by atoms with Crippen molar-refractivity contribution >= 4 is 34.9 Å². The fraction of sp³-hybridized carbons (Fsp3) is 0.405. The minimum atomic E-state index is -0.645. The molecular formula is C37H43N3O7. The number of Topliss-reactive ketones (excluding diaryl/α,β-unsaturated/α-hetero) is 1. The molecule has 248 valence electrons. The zero-order valence-corrected chi connectivity index (χ0v) is 27.7. The van der Waals surface area contributed by atoms with E-state index in [1.54, 1.807) is 29.2 Å². The molecule has 2 amide bonds. The Morgan fingerprint density at radius 1 is 0.809 bits per heavy atom. The highest BCUT2D eigenvalue weighted by Crippen LogP contribution is 2.43. The number of nitrogens with zero attached hydrogens (tertiary/aromatic N) is 3. The SMILES string of the molecule is CCOC(OCC)c1ccccc1N1CC(c2ccc(C(=O)N3CCN(C(=O)C(C)C)CC3)cc2)C(=O)c2c(C(=O)OC)cccc21. The quantitative estimate of drug-likeness (QED) is 0.208. The molecule has 0 aliphatic carbocycles. The van der Waals surface area contributed by atoms with E-state index in [-0.39, 0.29) is 41.2 Å². The number of benzene rings is 3. The molecule has 5 rings (SSSR count). The van der Waals surface area contributed by atoms with Crippen molar-refractivity contribution in [3.63, 3.8) is 0 Å². The van der Waals surface area contributed by atoms with Gasteiger partial charge in [0, 0.05) is 68.7 Å². The van der Waals surface area contributed by atoms with E-state index in [0.717, 1.165) is 16.8 Å². The topological polar surface area (TPSA) is 106 Å². The summed E-state index contributed by atoms with van der Waals surface area (Å²) in [5.41, 5.74) is 3.89. The van der Waals surface area contributed by atoms with Gasteiger partial charge < -0.3 is 28.9 Å². The number of ether oxygens (including phenoxy) is 3. The number of carbonyl (C=O) groups is 4. The zero-order valence-electron chi connectivity index (χ0n) is 27.7. The zero-order chi connectivity index (χ0) is 33.7. The Morgan fingerprint density at radius 2 is 1.43 bits per heavy atom. The molecule has 0 aromatic heterocycles. The van der Waals surface area contributed by atoms with Crippen LogP contribution < -0.4 is 4.90 Å². The first-order valence-electron chi connectivity index (χ1n) is 16.2. The summed E-state index contributed by atoms with van der Waals surface area (Å²) in [5, 5.41) is 0. The maximum Gasteiger partial charge on any atom is 0.338 e. The Bertz CT molecular complexity index is 1610. The summed E-state index contributed by atoms with van der Waals surface area (Å²) in [6.07, 6.45) is -0.625. The minimum Gasteiger partial charge on any atom is -0.465 e. The highest BCUT2D eigenvalue weighted by molar-refractivity contribution is 6.15. The Balaban J connectivity index is 1.48. The highest BCUT2D eigenvalue weighted by Gasteiger charge is 2.38. The van der Waals surface area contributed by atoms with Crippen LogP contribution in [-0.2, 0) is 19.0 Å². The van der Waals surface area contributed by atoms with E-state index in [0.29, 0.717) is 50.6 Å². The molecule has 0 saturated carbocycles. The van der Waals surface area contributed by atoms with Crippen LogP contribution in [0.25, 0.3) is 0 Å². The predicted molar refractivity (Wildman–Crippen MR) is 178 cm³/mol. The van der Waals surface area contributed by atoms with Crippen molar-refractivity contribution in [1.82, 2.24) is 9.80 Å². The number of para-hydroxylation sites is 1. The Labute approximate surface area is 276 Å². The number of carbonyl (C=O) groups excluding carboxylic acids is 4. The molecule has 1 fully saturated rings. The van der Waals surface area contributed by atoms with Crippen LogP contribution in [-0.4, -0.2) is 86.4 Å². The van der Waals surface area contributed by atoms with Crippen LogP contribution in [0.5, 0.6) is 0 Å². The maximum absolute atomic E-state index is 14.3. The van der Waals surface area contributed by atoms with Crippen LogP contribution in [0.3, 0.4) is 0 Å². The third-order valence-electron chi connectivity index (χ3n) is 8.72. The van der Waals surface area contributed by atoms with Crippen LogP contribution in [0, 0.1) is 5.92 Å². The summed E-state index contributed by atoms with van der Waals surface area (Å²) in [4.78, 5) is 58.6. The Morgan fingerprint density at radius 3 is 2.04 bits per heavy atom. The first kappa shape index (κ1) is 33.8. The summed E-state index contributed by atoms with van der Waals surface area (Å²) in [6.45, 7) is 10.7. The standard InChI is InChI=1S/C37H43N3O7/c1-6-46-37(47-7-2)27-11-8-9-13-30(27)40-23-29(33(41)32-28(36(44)45-5)12-10-14-31(32)40)25-15-17-26(18-16-25)35(43)39-21-19-38(20-22-39)34(42)24(3)4/h8-18,24,29,37H,6-7,19-23H2,1-5H3. The number of ketones is 1. The van der Waals surface area contributed by atoms with Crippen LogP contribution in [0.1, 0.15) is 82.1 Å². The van der Waals surface area contributed by atoms with E-state index in [4.69, 9.17) is 14.2 Å². The molecule has 2 aliphatic rings. The molecule has 0 radical (unpaired) electrons. The lowest BCUT2D eigenvalue weighted by Gasteiger charge is -2.38. The summed E-state index contributed by atoms with van der Waals surface area (Å²) in [7, 11) is 1.30. The van der Waals surface area contributed by atoms with Gasteiger partial charge >= 0.3 is 5.97 Å². The lowest BCUT2D eigenvalue weighted by Crippen LogP contribution is -2.51. The van der Waals surface area contributed by atoms with Crippen molar-refractivity contribution in [2.45, 2.75) is 39.9 Å². The molecule has 0 N–H and O–H groups in total. The molecule has 10 nitrogen and oxygen atoms in total. The van der Waals surface area contributed by atoms with Gasteiger partial charge in [-0.25, -0.2) is 4.79 Å². The molecule has 0 spiro atoms. The molecule has 3 aromatic rings. The van der Waals surface area contributed by atoms with Gasteiger partial charge in [0.1, 0.15) is 0 Å². The molecular weight excluding hydrogens is 598 g/mol. The van der Waals surface area contributed by atoms with Crippen LogP contribution in [0.15, 0.2) is 66.7 Å². The minimum absolute atomic E-state index is 0.0804. The van der Waals surface area contributed by atoms with Crippen molar-refractivity contribution in [1.29, 1.82) is 0 Å². The third kappa shape index (κ3) is 6.94. The van der Waals surface area contributed by atoms with Crippen molar-refractivity contribution in [2.75, 3.05) is 57.9 Å². The van der Waals surface area contributed by atoms with Crippen molar-refractivity contribution in [3.8, 4) is 0 Å². The molecule has 1 saturated heterocycles. The van der Waals surface area contributed by atoms with Crippen molar-refractivity contribution in [2.24, 2.45) is 5.92 Å². The fourth-order valence-corrected chi connectivity index (χ4v) is 6.33. The summed E-state index contributed by atoms with van der Waals surface area (Å²) >= 11 is 0. The van der Waals surface area contributed by atoms with Crippen molar-refractivity contribution in [3.05, 3.63) is 94.5 Å². The predicted octanol–water partition coefficient (Wildman–Crippen LogP) is 5.60. The van der Waals surface area contributed by atoms with Gasteiger partial charge in [-0.05, 0) is 49.7 Å². The monoisotopic (exact) mass is 641 g/mol. The van der Waals surface area contributed by atoms with E-state index in [9.17, 15) is 19.2 Å². The second-order valence-electron chi connectivity index (χ2n) is 11.9. The first-order chi connectivity index (χ1) is 22.7. The smallest absolute Gasteiger partial charge is 0.338 e. The van der Waals surface area contributed by atoms with Gasteiger partial charge in [-0.3, -0.25) is 14.4 Å². The third-order valence-corrected chi connectivity index (χ3v) is 8.72. The first-order valence-corrected chi connectivity index (χ1v) is 16.2. The van der Waals surface area contributed by atoms with E-state index < -0.39 is 18.2 Å². The lowest BCUT2D eigenvalue weighted by atomic mass is 9.83. The van der Waals surface area contributed by atoms with Crippen LogP contribution in [0.4, 0.5) is 11.4 Å². The molecule has 47 heavy (non-hydrogen) atoms. The molecule has 2 heterocycles. The summed E-state index contributed by atoms with van der Waals surface area (Å²) in [5.74, 6) is -1.54. The van der Waals surface area contributed by atoms with Gasteiger partial charge in [-0.15, -0.1) is 0 Å². The van der Waals surface area contributed by atoms with E-state index >= 15 is 0 Å². The number of piperazine rings is 1. The van der Waals surface area contributed by atoms with E-state index in [1.807, 2.05) is 80.0 Å². The number of rotatable bonds is 10. The molecule has 1 unspecified atom stereocenters.